The summed E-state index contributed by atoms with van der Waals surface area (Å²) in [6, 6.07) is 0.716. The van der Waals surface area contributed by atoms with Gasteiger partial charge in [-0.2, -0.15) is 0 Å². The molecule has 16 heavy (non-hydrogen) atoms. The summed E-state index contributed by atoms with van der Waals surface area (Å²) in [5.41, 5.74) is 0. The van der Waals surface area contributed by atoms with Gasteiger partial charge in [0.05, 0.1) is 6.54 Å². The highest BCUT2D eigenvalue weighted by Gasteiger charge is 2.25. The first-order valence-electron chi connectivity index (χ1n) is 6.14. The molecule has 2 rings (SSSR count). The average molecular weight is 227 g/mol. The Morgan fingerprint density at radius 1 is 1.19 bits per heavy atom. The molecule has 2 N–H and O–H groups in total. The minimum absolute atomic E-state index is 0.195. The van der Waals surface area contributed by atoms with Gasteiger partial charge in [0, 0.05) is 32.2 Å². The van der Waals surface area contributed by atoms with Crippen LogP contribution in [0.3, 0.4) is 0 Å². The molecule has 0 amide bonds. The Morgan fingerprint density at radius 3 is 2.38 bits per heavy atom. The fraction of sp³-hybridized carbons (Fsp3) is 0.909. The van der Waals surface area contributed by atoms with E-state index in [1.54, 1.807) is 0 Å². The molecule has 5 nitrogen and oxygen atoms in total. The van der Waals surface area contributed by atoms with E-state index in [0.29, 0.717) is 6.04 Å². The van der Waals surface area contributed by atoms with Crippen LogP contribution < -0.4 is 5.32 Å². The first kappa shape index (κ1) is 11.8. The molecule has 0 atom stereocenters. The molecule has 0 aromatic heterocycles. The van der Waals surface area contributed by atoms with Crippen molar-refractivity contribution < 1.29 is 9.90 Å². The summed E-state index contributed by atoms with van der Waals surface area (Å²) in [6.45, 7) is 6.29. The first-order valence-corrected chi connectivity index (χ1v) is 6.14. The maximum Gasteiger partial charge on any atom is 0.317 e. The number of piperidine rings is 1. The Balaban J connectivity index is 1.73. The summed E-state index contributed by atoms with van der Waals surface area (Å²) in [5.74, 6) is -0.713. The van der Waals surface area contributed by atoms with E-state index in [4.69, 9.17) is 5.11 Å². The maximum absolute atomic E-state index is 10.6. The zero-order valence-corrected chi connectivity index (χ0v) is 9.69. The van der Waals surface area contributed by atoms with Crippen LogP contribution in [0.25, 0.3) is 0 Å². The highest BCUT2D eigenvalue weighted by molar-refractivity contribution is 5.69. The van der Waals surface area contributed by atoms with Crippen LogP contribution >= 0.6 is 0 Å². The Bertz CT molecular complexity index is 233. The second-order valence-electron chi connectivity index (χ2n) is 4.69. The number of nitrogens with one attached hydrogen (secondary N) is 1. The Morgan fingerprint density at radius 2 is 1.81 bits per heavy atom. The van der Waals surface area contributed by atoms with Crippen molar-refractivity contribution in [2.24, 2.45) is 0 Å². The number of piperazine rings is 1. The van der Waals surface area contributed by atoms with E-state index in [-0.39, 0.29) is 6.54 Å². The van der Waals surface area contributed by atoms with E-state index >= 15 is 0 Å². The van der Waals surface area contributed by atoms with Crippen LogP contribution in [0.5, 0.6) is 0 Å². The third-order valence-electron chi connectivity index (χ3n) is 3.59. The molecule has 2 heterocycles. The van der Waals surface area contributed by atoms with Gasteiger partial charge >= 0.3 is 5.97 Å². The van der Waals surface area contributed by atoms with Crippen molar-refractivity contribution >= 4 is 5.97 Å². The van der Waals surface area contributed by atoms with E-state index in [1.807, 2.05) is 4.90 Å². The highest BCUT2D eigenvalue weighted by Crippen LogP contribution is 2.14. The summed E-state index contributed by atoms with van der Waals surface area (Å²) >= 11 is 0. The third-order valence-corrected chi connectivity index (χ3v) is 3.59. The van der Waals surface area contributed by atoms with E-state index in [9.17, 15) is 4.79 Å². The van der Waals surface area contributed by atoms with Gasteiger partial charge in [-0.1, -0.05) is 0 Å². The van der Waals surface area contributed by atoms with Crippen molar-refractivity contribution in [3.63, 3.8) is 0 Å². The lowest BCUT2D eigenvalue weighted by Crippen LogP contribution is -2.53. The lowest BCUT2D eigenvalue weighted by atomic mass is 10.0. The van der Waals surface area contributed by atoms with E-state index < -0.39 is 5.97 Å². The molecule has 2 saturated heterocycles. The number of carboxylic acid groups (broad SMARTS) is 1. The van der Waals surface area contributed by atoms with Gasteiger partial charge in [-0.15, -0.1) is 0 Å². The Hall–Kier alpha value is -0.650. The fourth-order valence-corrected chi connectivity index (χ4v) is 2.65. The molecule has 2 aliphatic rings. The van der Waals surface area contributed by atoms with Gasteiger partial charge in [-0.3, -0.25) is 14.6 Å². The van der Waals surface area contributed by atoms with Crippen LogP contribution in [-0.2, 0) is 4.79 Å². The molecule has 0 spiro atoms. The molecule has 5 heteroatoms. The molecule has 0 aliphatic carbocycles. The van der Waals surface area contributed by atoms with Gasteiger partial charge in [0.25, 0.3) is 0 Å². The number of carboxylic acids is 1. The molecule has 0 bridgehead atoms. The predicted molar refractivity (Wildman–Crippen MR) is 61.5 cm³/mol. The van der Waals surface area contributed by atoms with Crippen molar-refractivity contribution in [3.8, 4) is 0 Å². The van der Waals surface area contributed by atoms with Gasteiger partial charge in [-0.05, 0) is 25.9 Å². The Kier molecular flexibility index (Phi) is 4.15. The van der Waals surface area contributed by atoms with Crippen molar-refractivity contribution in [1.29, 1.82) is 0 Å². The lowest BCUT2D eigenvalue weighted by Gasteiger charge is -2.40. The number of rotatable bonds is 3. The average Bonchev–Trinajstić information content (AvgIpc) is 2.30. The maximum atomic E-state index is 10.6. The summed E-state index contributed by atoms with van der Waals surface area (Å²) < 4.78 is 0. The topological polar surface area (TPSA) is 55.8 Å². The second kappa shape index (κ2) is 5.61. The summed E-state index contributed by atoms with van der Waals surface area (Å²) in [7, 11) is 0. The van der Waals surface area contributed by atoms with Gasteiger partial charge < -0.3 is 10.4 Å². The molecular weight excluding hydrogens is 206 g/mol. The van der Waals surface area contributed by atoms with Gasteiger partial charge in [0.1, 0.15) is 0 Å². The van der Waals surface area contributed by atoms with Crippen LogP contribution in [0.2, 0.25) is 0 Å². The number of nitrogens with zero attached hydrogens (tertiary/aromatic N) is 2. The summed E-state index contributed by atoms with van der Waals surface area (Å²) in [6.07, 6.45) is 2.47. The van der Waals surface area contributed by atoms with E-state index in [0.717, 1.165) is 39.3 Å². The summed E-state index contributed by atoms with van der Waals surface area (Å²) in [4.78, 5) is 15.1. The smallest absolute Gasteiger partial charge is 0.317 e. The third kappa shape index (κ3) is 3.17. The van der Waals surface area contributed by atoms with Crippen molar-refractivity contribution in [2.75, 3.05) is 45.8 Å². The number of hydrogen-bond acceptors (Lipinski definition) is 4. The quantitative estimate of drug-likeness (QED) is 0.677. The first-order chi connectivity index (χ1) is 7.75. The summed E-state index contributed by atoms with van der Waals surface area (Å²) in [5, 5.41) is 12.1. The largest absolute Gasteiger partial charge is 0.480 e. The van der Waals surface area contributed by atoms with Crippen molar-refractivity contribution in [2.45, 2.75) is 18.9 Å². The van der Waals surface area contributed by atoms with E-state index in [1.165, 1.54) is 12.8 Å². The molecule has 0 unspecified atom stereocenters. The van der Waals surface area contributed by atoms with Crippen LogP contribution in [-0.4, -0.2) is 72.7 Å². The predicted octanol–water partition coefficient (Wildman–Crippen LogP) is -0.559. The van der Waals surface area contributed by atoms with Gasteiger partial charge in [0.2, 0.25) is 0 Å². The monoisotopic (exact) mass is 227 g/mol. The highest BCUT2D eigenvalue weighted by atomic mass is 16.4. The minimum atomic E-state index is -0.713. The molecule has 2 fully saturated rings. The minimum Gasteiger partial charge on any atom is -0.480 e. The Labute approximate surface area is 96.4 Å². The SMILES string of the molecule is O=C(O)CN1CCN(C2CCNCC2)CC1. The molecule has 0 radical (unpaired) electrons. The van der Waals surface area contributed by atoms with Crippen LogP contribution in [0.1, 0.15) is 12.8 Å². The van der Waals surface area contributed by atoms with E-state index in [2.05, 4.69) is 10.2 Å². The lowest BCUT2D eigenvalue weighted by molar-refractivity contribution is -0.138. The van der Waals surface area contributed by atoms with Crippen molar-refractivity contribution in [1.82, 2.24) is 15.1 Å². The standard InChI is InChI=1S/C11H21N3O2/c15-11(16)9-13-5-7-14(8-6-13)10-1-3-12-4-2-10/h10,12H,1-9H2,(H,15,16). The number of carbonyl (C=O) groups is 1. The van der Waals surface area contributed by atoms with Gasteiger partial charge in [-0.25, -0.2) is 0 Å². The normalized spacial score (nSPS) is 25.8. The van der Waals surface area contributed by atoms with Crippen LogP contribution in [0.4, 0.5) is 0 Å². The van der Waals surface area contributed by atoms with Crippen LogP contribution in [0, 0.1) is 0 Å². The molecule has 92 valence electrons. The second-order valence-corrected chi connectivity index (χ2v) is 4.69. The molecular formula is C11H21N3O2. The molecule has 0 aromatic rings. The zero-order valence-electron chi connectivity index (χ0n) is 9.69. The molecule has 2 aliphatic heterocycles. The number of aliphatic carboxylic acids is 1. The van der Waals surface area contributed by atoms with Crippen molar-refractivity contribution in [3.05, 3.63) is 0 Å². The fourth-order valence-electron chi connectivity index (χ4n) is 2.65. The zero-order chi connectivity index (χ0) is 11.4. The number of hydrogen-bond donors (Lipinski definition) is 2. The van der Waals surface area contributed by atoms with Gasteiger partial charge in [0.15, 0.2) is 0 Å². The van der Waals surface area contributed by atoms with Crippen LogP contribution in [0.15, 0.2) is 0 Å². The molecule has 0 saturated carbocycles. The molecule has 0 aromatic carbocycles.